The van der Waals surface area contributed by atoms with Crippen LogP contribution in [0.5, 0.6) is 5.75 Å². The Balaban J connectivity index is 2.37. The number of nitrogens with one attached hydrogen (secondary N) is 1. The SMILES string of the molecule is CCOC(=O)C[C@H](c1ccc([N+](=O)[O-])cc1)[C@H](NC(=O)c1cccc(OC(C)=O)c1)C(=O)O. The van der Waals surface area contributed by atoms with Gasteiger partial charge in [-0.2, -0.15) is 0 Å². The fraction of sp³-hybridized carbons (Fsp3) is 0.273. The molecule has 174 valence electrons. The van der Waals surface area contributed by atoms with Crippen molar-refractivity contribution in [2.24, 2.45) is 0 Å². The largest absolute Gasteiger partial charge is 0.480 e. The molecule has 2 N–H and O–H groups in total. The van der Waals surface area contributed by atoms with Crippen LogP contribution in [0.2, 0.25) is 0 Å². The van der Waals surface area contributed by atoms with Gasteiger partial charge < -0.3 is 19.9 Å². The van der Waals surface area contributed by atoms with Gasteiger partial charge in [0.1, 0.15) is 11.8 Å². The Morgan fingerprint density at radius 3 is 2.33 bits per heavy atom. The number of carbonyl (C=O) groups is 4. The van der Waals surface area contributed by atoms with E-state index in [0.717, 1.165) is 0 Å². The molecule has 0 aliphatic carbocycles. The fourth-order valence-corrected chi connectivity index (χ4v) is 3.10. The van der Waals surface area contributed by atoms with Gasteiger partial charge in [0.05, 0.1) is 18.0 Å². The number of nitro groups is 1. The van der Waals surface area contributed by atoms with Crippen LogP contribution in [-0.4, -0.2) is 46.5 Å². The summed E-state index contributed by atoms with van der Waals surface area (Å²) in [5.41, 5.74) is 0.0976. The fourth-order valence-electron chi connectivity index (χ4n) is 3.10. The molecule has 1 amide bonds. The van der Waals surface area contributed by atoms with Crippen LogP contribution in [0.25, 0.3) is 0 Å². The Bertz CT molecular complexity index is 1050. The van der Waals surface area contributed by atoms with Gasteiger partial charge in [0.15, 0.2) is 0 Å². The predicted molar refractivity (Wildman–Crippen MR) is 114 cm³/mol. The number of ether oxygens (including phenoxy) is 2. The van der Waals surface area contributed by atoms with Gasteiger partial charge >= 0.3 is 17.9 Å². The highest BCUT2D eigenvalue weighted by atomic mass is 16.6. The van der Waals surface area contributed by atoms with Gasteiger partial charge in [-0.3, -0.25) is 24.5 Å². The maximum absolute atomic E-state index is 12.8. The van der Waals surface area contributed by atoms with Gasteiger partial charge in [0, 0.05) is 30.5 Å². The summed E-state index contributed by atoms with van der Waals surface area (Å²) in [4.78, 5) is 58.4. The number of hydrogen-bond donors (Lipinski definition) is 2. The van der Waals surface area contributed by atoms with E-state index >= 15 is 0 Å². The van der Waals surface area contributed by atoms with Crippen LogP contribution in [0.4, 0.5) is 5.69 Å². The number of nitrogens with zero attached hydrogens (tertiary/aromatic N) is 1. The van der Waals surface area contributed by atoms with Gasteiger partial charge in [0.2, 0.25) is 0 Å². The Kier molecular flexibility index (Phi) is 8.61. The molecule has 2 aromatic rings. The standard InChI is InChI=1S/C22H22N2O9/c1-3-32-19(26)12-18(14-7-9-16(10-8-14)24(30)31)20(22(28)29)23-21(27)15-5-4-6-17(11-15)33-13(2)25/h4-11,18,20H,3,12H2,1-2H3,(H,23,27)(H,28,29)/t18-,20+/m1/s1. The first-order chi connectivity index (χ1) is 15.6. The Hall–Kier alpha value is -4.28. The van der Waals surface area contributed by atoms with Crippen molar-refractivity contribution in [3.8, 4) is 5.75 Å². The van der Waals surface area contributed by atoms with Crippen LogP contribution in [-0.2, 0) is 19.1 Å². The van der Waals surface area contributed by atoms with Gasteiger partial charge in [-0.25, -0.2) is 4.79 Å². The van der Waals surface area contributed by atoms with Gasteiger partial charge in [0.25, 0.3) is 11.6 Å². The number of esters is 2. The van der Waals surface area contributed by atoms with E-state index in [2.05, 4.69) is 5.32 Å². The number of hydrogen-bond acceptors (Lipinski definition) is 8. The molecule has 0 fully saturated rings. The average Bonchev–Trinajstić information content (AvgIpc) is 2.75. The molecular weight excluding hydrogens is 436 g/mol. The molecule has 0 heterocycles. The summed E-state index contributed by atoms with van der Waals surface area (Å²) in [6.07, 6.45) is -0.392. The molecule has 11 heteroatoms. The predicted octanol–water partition coefficient (Wildman–Crippen LogP) is 2.44. The van der Waals surface area contributed by atoms with Crippen molar-refractivity contribution in [3.63, 3.8) is 0 Å². The van der Waals surface area contributed by atoms with Crippen LogP contribution in [0, 0.1) is 10.1 Å². The second-order valence-corrected chi connectivity index (χ2v) is 6.88. The molecule has 33 heavy (non-hydrogen) atoms. The van der Waals surface area contributed by atoms with Crippen molar-refractivity contribution >= 4 is 29.5 Å². The number of carboxylic acids is 1. The molecule has 2 aromatic carbocycles. The third-order valence-electron chi connectivity index (χ3n) is 4.54. The van der Waals surface area contributed by atoms with Gasteiger partial charge in [-0.1, -0.05) is 18.2 Å². The molecule has 0 aromatic heterocycles. The second-order valence-electron chi connectivity index (χ2n) is 6.88. The number of aliphatic carboxylic acids is 1. The first kappa shape index (κ1) is 25.0. The summed E-state index contributed by atoms with van der Waals surface area (Å²) in [5.74, 6) is -4.48. The normalized spacial score (nSPS) is 12.2. The zero-order chi connectivity index (χ0) is 24.5. The average molecular weight is 458 g/mol. The molecule has 11 nitrogen and oxygen atoms in total. The van der Waals surface area contributed by atoms with Crippen molar-refractivity contribution in [2.75, 3.05) is 6.61 Å². The zero-order valence-electron chi connectivity index (χ0n) is 17.8. The van der Waals surface area contributed by atoms with Gasteiger partial charge in [-0.15, -0.1) is 0 Å². The number of carboxylic acid groups (broad SMARTS) is 1. The van der Waals surface area contributed by atoms with E-state index in [-0.39, 0.29) is 29.2 Å². The minimum Gasteiger partial charge on any atom is -0.480 e. The molecule has 0 spiro atoms. The van der Waals surface area contributed by atoms with E-state index in [4.69, 9.17) is 9.47 Å². The quantitative estimate of drug-likeness (QED) is 0.236. The maximum atomic E-state index is 12.8. The van der Waals surface area contributed by atoms with Crippen LogP contribution >= 0.6 is 0 Å². The van der Waals surface area contributed by atoms with E-state index in [1.165, 1.54) is 55.5 Å². The van der Waals surface area contributed by atoms with E-state index < -0.39 is 47.1 Å². The minimum absolute atomic E-state index is 0.0265. The molecule has 0 aliphatic heterocycles. The number of carbonyl (C=O) groups excluding carboxylic acids is 3. The van der Waals surface area contributed by atoms with Crippen molar-refractivity contribution in [2.45, 2.75) is 32.2 Å². The van der Waals surface area contributed by atoms with E-state index in [1.54, 1.807) is 6.92 Å². The Labute approximate surface area is 188 Å². The highest BCUT2D eigenvalue weighted by Crippen LogP contribution is 2.27. The van der Waals surface area contributed by atoms with Crippen LogP contribution in [0.1, 0.15) is 42.1 Å². The second kappa shape index (κ2) is 11.4. The summed E-state index contributed by atoms with van der Waals surface area (Å²) in [6.45, 7) is 2.85. The first-order valence-corrected chi connectivity index (χ1v) is 9.84. The Morgan fingerprint density at radius 1 is 1.12 bits per heavy atom. The molecule has 0 saturated heterocycles. The number of rotatable bonds is 10. The van der Waals surface area contributed by atoms with E-state index in [9.17, 15) is 34.4 Å². The van der Waals surface area contributed by atoms with Crippen molar-refractivity contribution in [1.29, 1.82) is 0 Å². The summed E-state index contributed by atoms with van der Waals surface area (Å²) in [5, 5.41) is 23.1. The number of non-ortho nitro benzene ring substituents is 1. The lowest BCUT2D eigenvalue weighted by Crippen LogP contribution is -2.45. The first-order valence-electron chi connectivity index (χ1n) is 9.84. The van der Waals surface area contributed by atoms with Crippen LogP contribution < -0.4 is 10.1 Å². The molecule has 0 unspecified atom stereocenters. The maximum Gasteiger partial charge on any atom is 0.326 e. The number of amides is 1. The Morgan fingerprint density at radius 2 is 1.79 bits per heavy atom. The van der Waals surface area contributed by atoms with Crippen molar-refractivity contribution in [3.05, 3.63) is 69.8 Å². The lowest BCUT2D eigenvalue weighted by Gasteiger charge is -2.25. The van der Waals surface area contributed by atoms with Crippen LogP contribution in [0.3, 0.4) is 0 Å². The van der Waals surface area contributed by atoms with Crippen LogP contribution in [0.15, 0.2) is 48.5 Å². The molecule has 0 saturated carbocycles. The minimum atomic E-state index is -1.57. The molecule has 0 aliphatic rings. The summed E-state index contributed by atoms with van der Waals surface area (Å²) in [7, 11) is 0. The van der Waals surface area contributed by atoms with E-state index in [1.807, 2.05) is 0 Å². The van der Waals surface area contributed by atoms with Crippen molar-refractivity contribution in [1.82, 2.24) is 5.32 Å². The third kappa shape index (κ3) is 7.13. The number of benzene rings is 2. The number of nitro benzene ring substituents is 1. The monoisotopic (exact) mass is 458 g/mol. The molecule has 0 bridgehead atoms. The summed E-state index contributed by atoms with van der Waals surface area (Å²) < 4.78 is 9.86. The van der Waals surface area contributed by atoms with E-state index in [0.29, 0.717) is 0 Å². The van der Waals surface area contributed by atoms with Gasteiger partial charge in [-0.05, 0) is 30.7 Å². The summed E-state index contributed by atoms with van der Waals surface area (Å²) in [6, 6.07) is 9.00. The lowest BCUT2D eigenvalue weighted by molar-refractivity contribution is -0.384. The molecule has 2 atom stereocenters. The molecule has 0 radical (unpaired) electrons. The lowest BCUT2D eigenvalue weighted by atomic mass is 9.88. The zero-order valence-corrected chi connectivity index (χ0v) is 17.8. The highest BCUT2D eigenvalue weighted by molar-refractivity contribution is 5.97. The smallest absolute Gasteiger partial charge is 0.326 e. The summed E-state index contributed by atoms with van der Waals surface area (Å²) >= 11 is 0. The van der Waals surface area contributed by atoms with Crippen molar-refractivity contribution < 1.29 is 38.7 Å². The topological polar surface area (TPSA) is 162 Å². The molecular formula is C22H22N2O9. The molecule has 2 rings (SSSR count). The highest BCUT2D eigenvalue weighted by Gasteiger charge is 2.34. The third-order valence-corrected chi connectivity index (χ3v) is 4.54.